The normalized spacial score (nSPS) is 17.6. The van der Waals surface area contributed by atoms with E-state index in [2.05, 4.69) is 11.9 Å². The van der Waals surface area contributed by atoms with Crippen LogP contribution in [-0.2, 0) is 9.59 Å². The number of hydrogen-bond donors (Lipinski definition) is 1. The minimum atomic E-state index is -0.521. The maximum Gasteiger partial charge on any atom is 0.266 e. The first-order chi connectivity index (χ1) is 9.43. The van der Waals surface area contributed by atoms with E-state index in [1.165, 1.54) is 11.0 Å². The molecule has 104 valence electrons. The van der Waals surface area contributed by atoms with E-state index < -0.39 is 11.8 Å². The Morgan fingerprint density at radius 1 is 1.45 bits per heavy atom. The molecule has 2 amide bonds. The number of thiocarbonyl (C=S) groups is 1. The van der Waals surface area contributed by atoms with E-state index in [4.69, 9.17) is 16.6 Å². The first-order valence-corrected chi connectivity index (χ1v) is 6.41. The van der Waals surface area contributed by atoms with E-state index in [-0.39, 0.29) is 17.2 Å². The average molecular weight is 290 g/mol. The van der Waals surface area contributed by atoms with Crippen molar-refractivity contribution in [1.82, 2.24) is 10.2 Å². The lowest BCUT2D eigenvalue weighted by Crippen LogP contribution is -2.53. The van der Waals surface area contributed by atoms with Crippen molar-refractivity contribution < 1.29 is 14.0 Å². The maximum absolute atomic E-state index is 12.3. The van der Waals surface area contributed by atoms with Crippen LogP contribution in [-0.4, -0.2) is 28.4 Å². The molecule has 0 radical (unpaired) electrons. The van der Waals surface area contributed by atoms with Crippen LogP contribution < -0.4 is 5.32 Å². The predicted molar refractivity (Wildman–Crippen MR) is 78.8 cm³/mol. The summed E-state index contributed by atoms with van der Waals surface area (Å²) in [5.41, 5.74) is 0.952. The van der Waals surface area contributed by atoms with Crippen molar-refractivity contribution in [3.63, 3.8) is 0 Å². The van der Waals surface area contributed by atoms with Crippen molar-refractivity contribution >= 4 is 35.2 Å². The van der Waals surface area contributed by atoms with Crippen molar-refractivity contribution in [2.75, 3.05) is 6.54 Å². The molecular weight excluding hydrogens is 276 g/mol. The number of amides is 2. The van der Waals surface area contributed by atoms with E-state index in [1.54, 1.807) is 12.1 Å². The van der Waals surface area contributed by atoms with Crippen LogP contribution in [0.3, 0.4) is 0 Å². The van der Waals surface area contributed by atoms with Gasteiger partial charge in [-0.1, -0.05) is 6.08 Å². The second-order valence-electron chi connectivity index (χ2n) is 4.41. The number of carbonyl (C=O) groups is 2. The second kappa shape index (κ2) is 5.42. The van der Waals surface area contributed by atoms with Crippen molar-refractivity contribution in [2.24, 2.45) is 0 Å². The van der Waals surface area contributed by atoms with Gasteiger partial charge in [0.25, 0.3) is 11.8 Å². The van der Waals surface area contributed by atoms with Crippen molar-refractivity contribution in [1.29, 1.82) is 0 Å². The van der Waals surface area contributed by atoms with E-state index in [0.29, 0.717) is 5.76 Å². The molecule has 20 heavy (non-hydrogen) atoms. The molecule has 1 saturated heterocycles. The first kappa shape index (κ1) is 14.2. The van der Waals surface area contributed by atoms with Gasteiger partial charge in [-0.05, 0) is 43.8 Å². The highest BCUT2D eigenvalue weighted by Crippen LogP contribution is 2.19. The number of carbonyl (C=O) groups excluding carboxylic acids is 2. The minimum absolute atomic E-state index is 0.00537. The molecule has 1 fully saturated rings. The van der Waals surface area contributed by atoms with Crippen molar-refractivity contribution in [2.45, 2.75) is 13.8 Å². The zero-order valence-electron chi connectivity index (χ0n) is 11.2. The largest absolute Gasteiger partial charge is 0.462 e. The Hall–Kier alpha value is -2.21. The van der Waals surface area contributed by atoms with Crippen LogP contribution >= 0.6 is 12.2 Å². The molecule has 6 heteroatoms. The van der Waals surface area contributed by atoms with Gasteiger partial charge in [-0.3, -0.25) is 19.8 Å². The number of nitrogens with zero attached hydrogens (tertiary/aromatic N) is 1. The fourth-order valence-electron chi connectivity index (χ4n) is 1.80. The van der Waals surface area contributed by atoms with Crippen molar-refractivity contribution in [3.8, 4) is 0 Å². The standard InChI is InChI=1S/C14H14N2O3S/c1-4-5-16-13(18)11(12(17)15-14(16)20)7-10-6-8(2)9(3)19-10/h4,6-7H,1,5H2,2-3H3,(H,15,17,20). The van der Waals surface area contributed by atoms with Gasteiger partial charge in [0.2, 0.25) is 0 Å². The lowest BCUT2D eigenvalue weighted by Gasteiger charge is -2.27. The van der Waals surface area contributed by atoms with Gasteiger partial charge in [-0.15, -0.1) is 6.58 Å². The van der Waals surface area contributed by atoms with Crippen LogP contribution in [0.2, 0.25) is 0 Å². The summed E-state index contributed by atoms with van der Waals surface area (Å²) in [4.78, 5) is 25.4. The highest BCUT2D eigenvalue weighted by Gasteiger charge is 2.32. The fourth-order valence-corrected chi connectivity index (χ4v) is 2.05. The molecule has 0 atom stereocenters. The zero-order valence-corrected chi connectivity index (χ0v) is 12.0. The van der Waals surface area contributed by atoms with Gasteiger partial charge in [-0.2, -0.15) is 0 Å². The third-order valence-electron chi connectivity index (χ3n) is 2.97. The Balaban J connectivity index is 2.38. The molecule has 0 saturated carbocycles. The number of aryl methyl sites for hydroxylation is 2. The molecule has 1 N–H and O–H groups in total. The Bertz CT molecular complexity index is 623. The number of furan rings is 1. The van der Waals surface area contributed by atoms with E-state index >= 15 is 0 Å². The third-order valence-corrected chi connectivity index (χ3v) is 3.29. The summed E-state index contributed by atoms with van der Waals surface area (Å²) in [6, 6.07) is 1.77. The second-order valence-corrected chi connectivity index (χ2v) is 4.80. The van der Waals surface area contributed by atoms with Crippen molar-refractivity contribution in [3.05, 3.63) is 41.4 Å². The van der Waals surface area contributed by atoms with Gasteiger partial charge in [0, 0.05) is 6.54 Å². The SMILES string of the molecule is C=CCN1C(=O)C(=Cc2cc(C)c(C)o2)C(=O)NC1=S. The van der Waals surface area contributed by atoms with E-state index in [0.717, 1.165) is 11.3 Å². The van der Waals surface area contributed by atoms with Gasteiger partial charge in [0.05, 0.1) is 0 Å². The van der Waals surface area contributed by atoms with E-state index in [9.17, 15) is 9.59 Å². The maximum atomic E-state index is 12.3. The Morgan fingerprint density at radius 2 is 2.15 bits per heavy atom. The van der Waals surface area contributed by atoms with Crippen LogP contribution in [0.1, 0.15) is 17.1 Å². The lowest BCUT2D eigenvalue weighted by molar-refractivity contribution is -0.128. The van der Waals surface area contributed by atoms with E-state index in [1.807, 2.05) is 13.8 Å². The Labute approximate surface area is 121 Å². The zero-order chi connectivity index (χ0) is 14.9. The molecule has 1 aromatic heterocycles. The molecule has 0 bridgehead atoms. The molecule has 2 heterocycles. The molecule has 0 unspecified atom stereocenters. The quantitative estimate of drug-likeness (QED) is 0.398. The topological polar surface area (TPSA) is 62.6 Å². The Morgan fingerprint density at radius 3 is 2.70 bits per heavy atom. The summed E-state index contributed by atoms with van der Waals surface area (Å²) in [5.74, 6) is 0.237. The van der Waals surface area contributed by atoms with Gasteiger partial charge in [0.15, 0.2) is 5.11 Å². The predicted octanol–water partition coefficient (Wildman–Crippen LogP) is 1.71. The molecule has 0 aliphatic carbocycles. The smallest absolute Gasteiger partial charge is 0.266 e. The van der Waals surface area contributed by atoms with Crippen LogP contribution in [0.4, 0.5) is 0 Å². The highest BCUT2D eigenvalue weighted by molar-refractivity contribution is 7.80. The minimum Gasteiger partial charge on any atom is -0.462 e. The summed E-state index contributed by atoms with van der Waals surface area (Å²) in [5, 5.41) is 2.56. The summed E-state index contributed by atoms with van der Waals surface area (Å²) in [7, 11) is 0. The van der Waals surface area contributed by atoms with Gasteiger partial charge in [-0.25, -0.2) is 0 Å². The Kier molecular flexibility index (Phi) is 3.85. The summed E-state index contributed by atoms with van der Waals surface area (Å²) in [6.45, 7) is 7.51. The van der Waals surface area contributed by atoms with Crippen LogP contribution in [0, 0.1) is 13.8 Å². The molecule has 0 aromatic carbocycles. The van der Waals surface area contributed by atoms with Crippen LogP contribution in [0.15, 0.2) is 28.7 Å². The summed E-state index contributed by atoms with van der Waals surface area (Å²) < 4.78 is 5.46. The van der Waals surface area contributed by atoms with Gasteiger partial charge in [0.1, 0.15) is 17.1 Å². The fraction of sp³-hybridized carbons (Fsp3) is 0.214. The molecular formula is C14H14N2O3S. The highest BCUT2D eigenvalue weighted by atomic mass is 32.1. The monoisotopic (exact) mass is 290 g/mol. The van der Waals surface area contributed by atoms with Crippen LogP contribution in [0.5, 0.6) is 0 Å². The average Bonchev–Trinajstić information content (AvgIpc) is 2.69. The lowest BCUT2D eigenvalue weighted by atomic mass is 10.1. The molecule has 2 rings (SSSR count). The number of nitrogens with one attached hydrogen (secondary N) is 1. The molecule has 0 spiro atoms. The molecule has 5 nitrogen and oxygen atoms in total. The van der Waals surface area contributed by atoms with Crippen LogP contribution in [0.25, 0.3) is 6.08 Å². The summed E-state index contributed by atoms with van der Waals surface area (Å²) >= 11 is 4.96. The molecule has 1 aliphatic rings. The first-order valence-electron chi connectivity index (χ1n) is 6.01. The molecule has 1 aromatic rings. The number of hydrogen-bond acceptors (Lipinski definition) is 4. The third kappa shape index (κ3) is 2.55. The van der Waals surface area contributed by atoms with Gasteiger partial charge < -0.3 is 4.42 Å². The molecule has 1 aliphatic heterocycles. The van der Waals surface area contributed by atoms with Gasteiger partial charge >= 0.3 is 0 Å². The summed E-state index contributed by atoms with van der Waals surface area (Å²) in [6.07, 6.45) is 2.97. The number of rotatable bonds is 3.